The minimum atomic E-state index is -0.843. The van der Waals surface area contributed by atoms with Crippen molar-refractivity contribution in [3.05, 3.63) is 29.3 Å². The van der Waals surface area contributed by atoms with E-state index in [0.29, 0.717) is 19.1 Å². The molecule has 1 fully saturated rings. The Labute approximate surface area is 112 Å². The molecule has 0 radical (unpaired) electrons. The summed E-state index contributed by atoms with van der Waals surface area (Å²) < 4.78 is 5.37. The summed E-state index contributed by atoms with van der Waals surface area (Å²) in [7, 11) is 0. The lowest BCUT2D eigenvalue weighted by Gasteiger charge is -2.29. The molecule has 5 nitrogen and oxygen atoms in total. The number of benzene rings is 1. The normalized spacial score (nSPS) is 22.1. The fourth-order valence-electron chi connectivity index (χ4n) is 2.75. The number of anilines is 1. The second kappa shape index (κ2) is 5.09. The number of rotatable bonds is 2. The molecule has 1 saturated heterocycles. The van der Waals surface area contributed by atoms with E-state index in [0.717, 1.165) is 37.3 Å². The van der Waals surface area contributed by atoms with Gasteiger partial charge in [0.05, 0.1) is 19.2 Å². The standard InChI is InChI=1S/C14H18N2O3/c17-14(18)16-6-4-10-2-1-3-13(12(10)8-16)15-11-5-7-19-9-11/h1-3,11,15H,4-9H2,(H,17,18)/t11-/m1/s1. The fourth-order valence-corrected chi connectivity index (χ4v) is 2.75. The van der Waals surface area contributed by atoms with Crippen LogP contribution in [0.2, 0.25) is 0 Å². The quantitative estimate of drug-likeness (QED) is 0.855. The van der Waals surface area contributed by atoms with E-state index in [2.05, 4.69) is 11.4 Å². The summed E-state index contributed by atoms with van der Waals surface area (Å²) in [4.78, 5) is 12.6. The predicted molar refractivity (Wildman–Crippen MR) is 71.4 cm³/mol. The molecule has 1 atom stereocenters. The van der Waals surface area contributed by atoms with E-state index in [-0.39, 0.29) is 0 Å². The van der Waals surface area contributed by atoms with Crippen LogP contribution in [0.25, 0.3) is 0 Å². The van der Waals surface area contributed by atoms with Crippen LogP contribution in [0.3, 0.4) is 0 Å². The van der Waals surface area contributed by atoms with E-state index in [9.17, 15) is 4.79 Å². The number of carbonyl (C=O) groups is 1. The van der Waals surface area contributed by atoms with Gasteiger partial charge in [-0.05, 0) is 30.0 Å². The van der Waals surface area contributed by atoms with Crippen molar-refractivity contribution in [2.45, 2.75) is 25.4 Å². The average molecular weight is 262 g/mol. The Morgan fingerprint density at radius 2 is 2.37 bits per heavy atom. The van der Waals surface area contributed by atoms with Crippen LogP contribution in [-0.4, -0.2) is 41.9 Å². The molecule has 19 heavy (non-hydrogen) atoms. The van der Waals surface area contributed by atoms with Crippen LogP contribution < -0.4 is 5.32 Å². The molecule has 2 aliphatic heterocycles. The third-order valence-electron chi connectivity index (χ3n) is 3.83. The number of hydrogen-bond donors (Lipinski definition) is 2. The van der Waals surface area contributed by atoms with E-state index in [4.69, 9.17) is 9.84 Å². The lowest BCUT2D eigenvalue weighted by atomic mass is 9.98. The molecule has 2 heterocycles. The van der Waals surface area contributed by atoms with Crippen molar-refractivity contribution in [2.75, 3.05) is 25.1 Å². The summed E-state index contributed by atoms with van der Waals surface area (Å²) in [6, 6.07) is 6.49. The van der Waals surface area contributed by atoms with Crippen LogP contribution in [0, 0.1) is 0 Å². The Morgan fingerprint density at radius 3 is 3.11 bits per heavy atom. The second-order valence-corrected chi connectivity index (χ2v) is 5.10. The predicted octanol–water partition coefficient (Wildman–Crippen LogP) is 1.92. The van der Waals surface area contributed by atoms with Gasteiger partial charge in [-0.3, -0.25) is 0 Å². The van der Waals surface area contributed by atoms with Crippen LogP contribution >= 0.6 is 0 Å². The maximum Gasteiger partial charge on any atom is 0.407 e. The molecule has 0 bridgehead atoms. The highest BCUT2D eigenvalue weighted by atomic mass is 16.5. The zero-order valence-electron chi connectivity index (χ0n) is 10.8. The van der Waals surface area contributed by atoms with Crippen molar-refractivity contribution in [3.8, 4) is 0 Å². The molecular weight excluding hydrogens is 244 g/mol. The third-order valence-corrected chi connectivity index (χ3v) is 3.83. The second-order valence-electron chi connectivity index (χ2n) is 5.10. The van der Waals surface area contributed by atoms with Crippen molar-refractivity contribution in [1.29, 1.82) is 0 Å². The number of nitrogens with one attached hydrogen (secondary N) is 1. The molecule has 0 unspecified atom stereocenters. The Morgan fingerprint density at radius 1 is 1.47 bits per heavy atom. The fraction of sp³-hybridized carbons (Fsp3) is 0.500. The summed E-state index contributed by atoms with van der Waals surface area (Å²) in [6.45, 7) is 2.58. The van der Waals surface area contributed by atoms with Gasteiger partial charge in [0, 0.05) is 18.8 Å². The Kier molecular flexibility index (Phi) is 3.29. The molecule has 0 saturated carbocycles. The molecule has 1 amide bonds. The first-order valence-corrected chi connectivity index (χ1v) is 6.67. The molecule has 1 aromatic carbocycles. The van der Waals surface area contributed by atoms with Gasteiger partial charge in [0.2, 0.25) is 0 Å². The summed E-state index contributed by atoms with van der Waals surface area (Å²) >= 11 is 0. The first kappa shape index (κ1) is 12.3. The molecule has 2 aliphatic rings. The molecule has 0 aliphatic carbocycles. The number of hydrogen-bond acceptors (Lipinski definition) is 3. The van der Waals surface area contributed by atoms with E-state index >= 15 is 0 Å². The highest BCUT2D eigenvalue weighted by Gasteiger charge is 2.23. The van der Waals surface area contributed by atoms with Crippen molar-refractivity contribution in [2.24, 2.45) is 0 Å². The largest absolute Gasteiger partial charge is 0.465 e. The zero-order chi connectivity index (χ0) is 13.2. The Bertz CT molecular complexity index is 484. The van der Waals surface area contributed by atoms with Gasteiger partial charge in [-0.2, -0.15) is 0 Å². The van der Waals surface area contributed by atoms with Gasteiger partial charge in [-0.15, -0.1) is 0 Å². The smallest absolute Gasteiger partial charge is 0.407 e. The van der Waals surface area contributed by atoms with Gasteiger partial charge >= 0.3 is 6.09 Å². The number of fused-ring (bicyclic) bond motifs is 1. The van der Waals surface area contributed by atoms with Gasteiger partial charge in [0.1, 0.15) is 0 Å². The number of ether oxygens (including phenoxy) is 1. The van der Waals surface area contributed by atoms with Crippen LogP contribution in [-0.2, 0) is 17.7 Å². The monoisotopic (exact) mass is 262 g/mol. The van der Waals surface area contributed by atoms with E-state index < -0.39 is 6.09 Å². The lowest BCUT2D eigenvalue weighted by molar-refractivity contribution is 0.140. The van der Waals surface area contributed by atoms with E-state index in [1.54, 1.807) is 0 Å². The number of nitrogens with zero attached hydrogens (tertiary/aromatic N) is 1. The first-order valence-electron chi connectivity index (χ1n) is 6.67. The van der Waals surface area contributed by atoms with Crippen LogP contribution in [0.5, 0.6) is 0 Å². The van der Waals surface area contributed by atoms with Crippen LogP contribution in [0.15, 0.2) is 18.2 Å². The third kappa shape index (κ3) is 2.51. The van der Waals surface area contributed by atoms with Gasteiger partial charge in [0.25, 0.3) is 0 Å². The molecule has 3 rings (SSSR count). The van der Waals surface area contributed by atoms with Crippen LogP contribution in [0.1, 0.15) is 17.5 Å². The highest BCUT2D eigenvalue weighted by Crippen LogP contribution is 2.27. The van der Waals surface area contributed by atoms with Gasteiger partial charge in [-0.25, -0.2) is 4.79 Å². The average Bonchev–Trinajstić information content (AvgIpc) is 2.91. The molecular formula is C14H18N2O3. The first-order chi connectivity index (χ1) is 9.24. The molecule has 0 spiro atoms. The van der Waals surface area contributed by atoms with Crippen molar-refractivity contribution in [3.63, 3.8) is 0 Å². The summed E-state index contributed by atoms with van der Waals surface area (Å²) in [6.07, 6.45) is 0.953. The summed E-state index contributed by atoms with van der Waals surface area (Å²) in [5.41, 5.74) is 3.42. The maximum absolute atomic E-state index is 11.1. The molecule has 2 N–H and O–H groups in total. The number of amides is 1. The molecule has 1 aromatic rings. The van der Waals surface area contributed by atoms with Gasteiger partial charge in [-0.1, -0.05) is 12.1 Å². The van der Waals surface area contributed by atoms with Crippen LogP contribution in [0.4, 0.5) is 10.5 Å². The molecule has 0 aromatic heterocycles. The minimum Gasteiger partial charge on any atom is -0.465 e. The topological polar surface area (TPSA) is 61.8 Å². The minimum absolute atomic E-state index is 0.340. The molecule has 5 heteroatoms. The SMILES string of the molecule is O=C(O)N1CCc2cccc(N[C@@H]3CCOC3)c2C1. The lowest BCUT2D eigenvalue weighted by Crippen LogP contribution is -2.35. The number of carboxylic acid groups (broad SMARTS) is 1. The highest BCUT2D eigenvalue weighted by molar-refractivity contribution is 5.67. The van der Waals surface area contributed by atoms with Crippen molar-refractivity contribution < 1.29 is 14.6 Å². The Hall–Kier alpha value is -1.75. The Balaban J connectivity index is 1.83. The summed E-state index contributed by atoms with van der Waals surface area (Å²) in [5.74, 6) is 0. The molecule has 102 valence electrons. The van der Waals surface area contributed by atoms with Crippen molar-refractivity contribution in [1.82, 2.24) is 4.90 Å². The van der Waals surface area contributed by atoms with Gasteiger partial charge < -0.3 is 20.1 Å². The summed E-state index contributed by atoms with van der Waals surface area (Å²) in [5, 5.41) is 12.6. The van der Waals surface area contributed by atoms with E-state index in [1.807, 2.05) is 12.1 Å². The zero-order valence-corrected chi connectivity index (χ0v) is 10.8. The van der Waals surface area contributed by atoms with Crippen molar-refractivity contribution >= 4 is 11.8 Å². The maximum atomic E-state index is 11.1. The van der Waals surface area contributed by atoms with E-state index in [1.165, 1.54) is 10.5 Å². The van der Waals surface area contributed by atoms with Gasteiger partial charge in [0.15, 0.2) is 0 Å².